The Kier molecular flexibility index (Phi) is 5.16. The monoisotopic (exact) mass is 417 g/mol. The van der Waals surface area contributed by atoms with Crippen LogP contribution in [0.25, 0.3) is 21.9 Å². The van der Waals surface area contributed by atoms with Crippen LogP contribution in [0.3, 0.4) is 0 Å². The molecule has 2 aromatic heterocycles. The van der Waals surface area contributed by atoms with Gasteiger partial charge in [0.15, 0.2) is 0 Å². The summed E-state index contributed by atoms with van der Waals surface area (Å²) in [5.41, 5.74) is 3.67. The minimum absolute atomic E-state index is 0.323. The minimum atomic E-state index is -0.339. The number of ether oxygens (including phenoxy) is 1. The quantitative estimate of drug-likeness (QED) is 0.489. The van der Waals surface area contributed by atoms with E-state index in [0.29, 0.717) is 11.6 Å². The number of nitrogens with one attached hydrogen (secondary N) is 1. The summed E-state index contributed by atoms with van der Waals surface area (Å²) in [6.07, 6.45) is 4.16. The van der Waals surface area contributed by atoms with E-state index in [0.717, 1.165) is 49.3 Å². The molecule has 0 amide bonds. The lowest BCUT2D eigenvalue weighted by molar-refractivity contribution is 0.211. The van der Waals surface area contributed by atoms with E-state index in [4.69, 9.17) is 9.15 Å². The molecule has 4 aromatic rings. The molecule has 1 fully saturated rings. The third-order valence-corrected chi connectivity index (χ3v) is 6.25. The van der Waals surface area contributed by atoms with Crippen LogP contribution >= 0.6 is 0 Å². The first kappa shape index (κ1) is 19.7. The predicted molar refractivity (Wildman–Crippen MR) is 124 cm³/mol. The molecule has 0 atom stereocenters. The van der Waals surface area contributed by atoms with Gasteiger partial charge in [0.2, 0.25) is 0 Å². The highest BCUT2D eigenvalue weighted by Crippen LogP contribution is 2.28. The maximum atomic E-state index is 12.0. The summed E-state index contributed by atoms with van der Waals surface area (Å²) < 4.78 is 12.8. The number of methoxy groups -OCH3 is 1. The maximum absolute atomic E-state index is 12.0. The van der Waals surface area contributed by atoms with E-state index in [1.165, 1.54) is 16.5 Å². The van der Waals surface area contributed by atoms with Gasteiger partial charge in [0, 0.05) is 55.9 Å². The number of anilines is 1. The predicted octanol–water partition coefficient (Wildman–Crippen LogP) is 4.37. The maximum Gasteiger partial charge on any atom is 0.338 e. The number of piperidine rings is 1. The Balaban J connectivity index is 1.26. The van der Waals surface area contributed by atoms with Gasteiger partial charge in [-0.05, 0) is 60.2 Å². The van der Waals surface area contributed by atoms with Gasteiger partial charge in [0.05, 0.1) is 12.8 Å². The van der Waals surface area contributed by atoms with Gasteiger partial charge in [0.25, 0.3) is 0 Å². The number of benzene rings is 2. The topological polar surface area (TPSA) is 59.6 Å². The Bertz CT molecular complexity index is 1280. The van der Waals surface area contributed by atoms with Gasteiger partial charge in [-0.2, -0.15) is 0 Å². The molecule has 6 nitrogen and oxygen atoms in total. The van der Waals surface area contributed by atoms with Crippen LogP contribution in [0.2, 0.25) is 0 Å². The Hall–Kier alpha value is -3.25. The van der Waals surface area contributed by atoms with Crippen molar-refractivity contribution in [2.24, 2.45) is 7.05 Å². The number of rotatable bonds is 5. The van der Waals surface area contributed by atoms with Crippen LogP contribution in [-0.4, -0.2) is 35.7 Å². The van der Waals surface area contributed by atoms with E-state index in [1.807, 2.05) is 6.07 Å². The fraction of sp³-hybridized carbons (Fsp3) is 0.320. The van der Waals surface area contributed by atoms with Crippen LogP contribution in [0.1, 0.15) is 18.4 Å². The molecule has 5 rings (SSSR count). The highest BCUT2D eigenvalue weighted by Gasteiger charge is 2.20. The molecule has 0 radical (unpaired) electrons. The third-order valence-electron chi connectivity index (χ3n) is 6.25. The van der Waals surface area contributed by atoms with E-state index >= 15 is 0 Å². The second-order valence-electron chi connectivity index (χ2n) is 8.36. The van der Waals surface area contributed by atoms with Crippen molar-refractivity contribution in [1.82, 2.24) is 9.47 Å². The van der Waals surface area contributed by atoms with Crippen molar-refractivity contribution in [2.45, 2.75) is 25.4 Å². The molecule has 0 spiro atoms. The van der Waals surface area contributed by atoms with Crippen LogP contribution in [0.4, 0.5) is 5.69 Å². The largest absolute Gasteiger partial charge is 0.497 e. The first-order chi connectivity index (χ1) is 15.1. The summed E-state index contributed by atoms with van der Waals surface area (Å²) in [5, 5.41) is 5.75. The third kappa shape index (κ3) is 4.03. The van der Waals surface area contributed by atoms with Crippen LogP contribution < -0.4 is 15.7 Å². The zero-order valence-corrected chi connectivity index (χ0v) is 17.9. The lowest BCUT2D eigenvalue weighted by atomic mass is 10.0. The second-order valence-corrected chi connectivity index (χ2v) is 8.36. The van der Waals surface area contributed by atoms with E-state index in [-0.39, 0.29) is 5.63 Å². The van der Waals surface area contributed by atoms with Crippen LogP contribution in [0, 0.1) is 0 Å². The minimum Gasteiger partial charge on any atom is -0.497 e. The van der Waals surface area contributed by atoms with Crippen LogP contribution in [-0.2, 0) is 13.6 Å². The van der Waals surface area contributed by atoms with Gasteiger partial charge in [-0.3, -0.25) is 4.90 Å². The van der Waals surface area contributed by atoms with Gasteiger partial charge in [-0.1, -0.05) is 6.07 Å². The Morgan fingerprint density at radius 2 is 1.94 bits per heavy atom. The molecule has 6 heteroatoms. The molecule has 2 aromatic carbocycles. The number of likely N-dealkylation sites (tertiary alicyclic amines) is 1. The average molecular weight is 418 g/mol. The molecule has 1 saturated heterocycles. The second kappa shape index (κ2) is 8.12. The molecule has 160 valence electrons. The Morgan fingerprint density at radius 3 is 2.74 bits per heavy atom. The van der Waals surface area contributed by atoms with E-state index in [9.17, 15) is 4.79 Å². The van der Waals surface area contributed by atoms with Crippen molar-refractivity contribution in [3.63, 3.8) is 0 Å². The number of hydrogen-bond donors (Lipinski definition) is 1. The number of hydrogen-bond acceptors (Lipinski definition) is 5. The smallest absolute Gasteiger partial charge is 0.338 e. The van der Waals surface area contributed by atoms with Crippen LogP contribution in [0.5, 0.6) is 5.75 Å². The highest BCUT2D eigenvalue weighted by atomic mass is 16.5. The Labute approximate surface area is 181 Å². The zero-order valence-electron chi connectivity index (χ0n) is 17.9. The van der Waals surface area contributed by atoms with Crippen molar-refractivity contribution in [3.8, 4) is 5.75 Å². The fourth-order valence-electron chi connectivity index (χ4n) is 4.53. The average Bonchev–Trinajstić information content (AvgIpc) is 3.15. The number of fused-ring (bicyclic) bond motifs is 2. The molecule has 0 saturated carbocycles. The van der Waals surface area contributed by atoms with Crippen molar-refractivity contribution in [1.29, 1.82) is 0 Å². The first-order valence-electron chi connectivity index (χ1n) is 10.7. The van der Waals surface area contributed by atoms with Gasteiger partial charge in [0.1, 0.15) is 11.3 Å². The van der Waals surface area contributed by atoms with Gasteiger partial charge >= 0.3 is 5.63 Å². The Morgan fingerprint density at radius 1 is 1.10 bits per heavy atom. The first-order valence-corrected chi connectivity index (χ1v) is 10.7. The van der Waals surface area contributed by atoms with E-state index < -0.39 is 0 Å². The van der Waals surface area contributed by atoms with Crippen molar-refractivity contribution >= 4 is 27.6 Å². The highest BCUT2D eigenvalue weighted by molar-refractivity contribution is 5.90. The molecule has 0 bridgehead atoms. The van der Waals surface area contributed by atoms with Gasteiger partial charge < -0.3 is 19.0 Å². The SMILES string of the molecule is COc1ccc2oc(=O)cc(NC3CCN(Cc4ccc5c(ccn5C)c4)CC3)c2c1. The molecule has 0 unspecified atom stereocenters. The molecule has 3 heterocycles. The number of aryl methyl sites for hydroxylation is 1. The summed E-state index contributed by atoms with van der Waals surface area (Å²) >= 11 is 0. The van der Waals surface area contributed by atoms with E-state index in [1.54, 1.807) is 25.3 Å². The van der Waals surface area contributed by atoms with Crippen molar-refractivity contribution in [2.75, 3.05) is 25.5 Å². The number of aromatic nitrogens is 1. The summed E-state index contributed by atoms with van der Waals surface area (Å²) in [7, 11) is 3.72. The lowest BCUT2D eigenvalue weighted by Crippen LogP contribution is -2.38. The summed E-state index contributed by atoms with van der Waals surface area (Å²) in [4.78, 5) is 14.5. The normalized spacial score (nSPS) is 15.5. The van der Waals surface area contributed by atoms with E-state index in [2.05, 4.69) is 52.3 Å². The summed E-state index contributed by atoms with van der Waals surface area (Å²) in [6.45, 7) is 3.01. The molecular formula is C25H27N3O3. The molecule has 31 heavy (non-hydrogen) atoms. The van der Waals surface area contributed by atoms with Crippen molar-refractivity contribution in [3.05, 3.63) is 70.7 Å². The summed E-state index contributed by atoms with van der Waals surface area (Å²) in [6, 6.07) is 16.3. The van der Waals surface area contributed by atoms with Crippen LogP contribution in [0.15, 0.2) is 63.9 Å². The summed E-state index contributed by atoms with van der Waals surface area (Å²) in [5.74, 6) is 0.745. The molecule has 0 aliphatic carbocycles. The molecule has 1 aliphatic rings. The lowest BCUT2D eigenvalue weighted by Gasteiger charge is -2.33. The molecular weight excluding hydrogens is 390 g/mol. The van der Waals surface area contributed by atoms with Gasteiger partial charge in [-0.25, -0.2) is 4.79 Å². The molecule has 1 N–H and O–H groups in total. The van der Waals surface area contributed by atoms with Crippen molar-refractivity contribution < 1.29 is 9.15 Å². The number of nitrogens with zero attached hydrogens (tertiary/aromatic N) is 2. The zero-order chi connectivity index (χ0) is 21.4. The molecule has 1 aliphatic heterocycles. The fourth-order valence-corrected chi connectivity index (χ4v) is 4.53. The standard InChI is InChI=1S/C25H27N3O3/c1-27-10-7-18-13-17(3-5-23(18)27)16-28-11-8-19(9-12-28)26-22-15-25(29)31-24-6-4-20(30-2)14-21(22)24/h3-7,10,13-15,19,26H,8-9,11-12,16H2,1-2H3. The van der Waals surface area contributed by atoms with Gasteiger partial charge in [-0.15, -0.1) is 0 Å².